The maximum atomic E-state index is 10.6. The van der Waals surface area contributed by atoms with Gasteiger partial charge in [-0.05, 0) is 12.1 Å². The normalized spacial score (nSPS) is 10.8. The van der Waals surface area contributed by atoms with Gasteiger partial charge in [-0.2, -0.15) is 5.10 Å². The van der Waals surface area contributed by atoms with Crippen LogP contribution in [0.5, 0.6) is 0 Å². The molecule has 0 saturated carbocycles. The van der Waals surface area contributed by atoms with E-state index in [9.17, 15) is 4.79 Å². The Kier molecular flexibility index (Phi) is 1.91. The predicted octanol–water partition coefficient (Wildman–Crippen LogP) is 1.01. The van der Waals surface area contributed by atoms with Crippen LogP contribution < -0.4 is 5.73 Å². The molecule has 3 N–H and O–H groups in total. The summed E-state index contributed by atoms with van der Waals surface area (Å²) in [6, 6.07) is 3.22. The van der Waals surface area contributed by atoms with Gasteiger partial charge >= 0.3 is 0 Å². The zero-order chi connectivity index (χ0) is 11.8. The average Bonchev–Trinajstić information content (AvgIpc) is 2.94. The Labute approximate surface area is 94.7 Å². The van der Waals surface area contributed by atoms with Crippen LogP contribution in [0, 0.1) is 0 Å². The summed E-state index contributed by atoms with van der Waals surface area (Å²) in [5.74, 6) is 1.01. The van der Waals surface area contributed by atoms with E-state index in [0.717, 1.165) is 0 Å². The molecule has 3 aromatic rings. The highest BCUT2D eigenvalue weighted by molar-refractivity contribution is 5.96. The molecule has 3 heterocycles. The molecule has 0 aromatic carbocycles. The molecule has 3 rings (SSSR count). The van der Waals surface area contributed by atoms with Crippen LogP contribution in [0.4, 0.5) is 5.82 Å². The van der Waals surface area contributed by atoms with Crippen LogP contribution >= 0.6 is 0 Å². The number of aldehydes is 1. The molecule has 3 aromatic heterocycles. The fourth-order valence-corrected chi connectivity index (χ4v) is 1.61. The number of rotatable bonds is 2. The Hall–Kier alpha value is -2.70. The minimum absolute atomic E-state index is 0.234. The number of hydrogen-bond acceptors (Lipinski definition) is 6. The van der Waals surface area contributed by atoms with Gasteiger partial charge in [0.05, 0.1) is 5.39 Å². The summed E-state index contributed by atoms with van der Waals surface area (Å²) in [5.41, 5.74) is 6.77. The number of furan rings is 1. The molecule has 0 bridgehead atoms. The molecule has 0 radical (unpaired) electrons. The van der Waals surface area contributed by atoms with E-state index in [0.29, 0.717) is 34.6 Å². The maximum absolute atomic E-state index is 10.6. The van der Waals surface area contributed by atoms with Gasteiger partial charge in [-0.1, -0.05) is 0 Å². The number of carbonyl (C=O) groups is 1. The topological polar surface area (TPSA) is 111 Å². The lowest BCUT2D eigenvalue weighted by Crippen LogP contribution is -1.92. The number of H-pyrrole nitrogens is 1. The molecule has 84 valence electrons. The number of nitrogens with zero attached hydrogens (tertiary/aromatic N) is 3. The third-order valence-electron chi connectivity index (χ3n) is 2.37. The number of anilines is 1. The first-order valence-electron chi connectivity index (χ1n) is 4.79. The Balaban J connectivity index is 2.27. The second-order valence-electron chi connectivity index (χ2n) is 3.38. The van der Waals surface area contributed by atoms with Crippen LogP contribution in [-0.2, 0) is 0 Å². The molecule has 0 aliphatic heterocycles. The smallest absolute Gasteiger partial charge is 0.186 e. The van der Waals surface area contributed by atoms with E-state index >= 15 is 0 Å². The van der Waals surface area contributed by atoms with Gasteiger partial charge in [0.2, 0.25) is 0 Å². The predicted molar refractivity (Wildman–Crippen MR) is 59.2 cm³/mol. The van der Waals surface area contributed by atoms with Gasteiger partial charge in [-0.15, -0.1) is 0 Å². The lowest BCUT2D eigenvalue weighted by atomic mass is 10.2. The van der Waals surface area contributed by atoms with E-state index in [1.54, 1.807) is 12.1 Å². The second kappa shape index (κ2) is 3.41. The monoisotopic (exact) mass is 229 g/mol. The molecular weight excluding hydrogens is 222 g/mol. The fourth-order valence-electron chi connectivity index (χ4n) is 1.61. The summed E-state index contributed by atoms with van der Waals surface area (Å²) in [5, 5.41) is 7.34. The minimum Gasteiger partial charge on any atom is -0.452 e. The number of nitrogen functional groups attached to an aromatic ring is 1. The Morgan fingerprint density at radius 2 is 2.24 bits per heavy atom. The van der Waals surface area contributed by atoms with Gasteiger partial charge in [-0.3, -0.25) is 9.89 Å². The van der Waals surface area contributed by atoms with Crippen molar-refractivity contribution in [3.05, 3.63) is 24.2 Å². The average molecular weight is 229 g/mol. The lowest BCUT2D eigenvalue weighted by molar-refractivity contribution is 0.110. The van der Waals surface area contributed by atoms with E-state index in [-0.39, 0.29) is 5.76 Å². The Bertz CT molecular complexity index is 700. The number of fused-ring (bicyclic) bond motifs is 1. The summed E-state index contributed by atoms with van der Waals surface area (Å²) in [4.78, 5) is 18.4. The lowest BCUT2D eigenvalue weighted by Gasteiger charge is -1.95. The van der Waals surface area contributed by atoms with Gasteiger partial charge in [0.25, 0.3) is 0 Å². The highest BCUT2D eigenvalue weighted by atomic mass is 16.3. The van der Waals surface area contributed by atoms with E-state index in [1.807, 2.05) is 0 Å². The van der Waals surface area contributed by atoms with E-state index in [4.69, 9.17) is 10.2 Å². The number of aromatic amines is 1. The van der Waals surface area contributed by atoms with Crippen molar-refractivity contribution in [3.8, 4) is 11.5 Å². The van der Waals surface area contributed by atoms with Crippen LogP contribution in [-0.4, -0.2) is 26.5 Å². The highest BCUT2D eigenvalue weighted by Crippen LogP contribution is 2.29. The summed E-state index contributed by atoms with van der Waals surface area (Å²) in [6.45, 7) is 0. The van der Waals surface area contributed by atoms with Crippen molar-refractivity contribution in [3.63, 3.8) is 0 Å². The molecule has 0 unspecified atom stereocenters. The molecule has 7 heteroatoms. The summed E-state index contributed by atoms with van der Waals surface area (Å²) >= 11 is 0. The standard InChI is InChI=1S/C10H7N5O2/c11-9-7-8(6-2-1-5(3-16)17-6)14-15-10(7)13-4-12-9/h1-4H,(H3,11,12,13,14,15). The van der Waals surface area contributed by atoms with Gasteiger partial charge in [0.15, 0.2) is 23.5 Å². The van der Waals surface area contributed by atoms with E-state index in [2.05, 4.69) is 20.2 Å². The molecule has 0 atom stereocenters. The molecule has 0 amide bonds. The molecule has 0 spiro atoms. The van der Waals surface area contributed by atoms with Gasteiger partial charge in [0.1, 0.15) is 17.8 Å². The molecule has 0 aliphatic carbocycles. The summed E-state index contributed by atoms with van der Waals surface area (Å²) in [6.07, 6.45) is 1.96. The van der Waals surface area contributed by atoms with Gasteiger partial charge < -0.3 is 10.2 Å². The molecule has 7 nitrogen and oxygen atoms in total. The van der Waals surface area contributed by atoms with Crippen LogP contribution in [0.15, 0.2) is 22.9 Å². The van der Waals surface area contributed by atoms with Crippen LogP contribution in [0.1, 0.15) is 10.6 Å². The van der Waals surface area contributed by atoms with Crippen LogP contribution in [0.3, 0.4) is 0 Å². The molecule has 0 saturated heterocycles. The quantitative estimate of drug-likeness (QED) is 0.634. The third-order valence-corrected chi connectivity index (χ3v) is 2.37. The first-order valence-corrected chi connectivity index (χ1v) is 4.79. The first-order chi connectivity index (χ1) is 8.29. The van der Waals surface area contributed by atoms with Crippen molar-refractivity contribution in [2.24, 2.45) is 0 Å². The van der Waals surface area contributed by atoms with Crippen molar-refractivity contribution in [2.75, 3.05) is 5.73 Å². The SMILES string of the molecule is Nc1ncnc2n[nH]c(-c3ccc(C=O)o3)c12. The minimum atomic E-state index is 0.234. The van der Waals surface area contributed by atoms with Crippen molar-refractivity contribution >= 4 is 23.1 Å². The van der Waals surface area contributed by atoms with Crippen molar-refractivity contribution < 1.29 is 9.21 Å². The van der Waals surface area contributed by atoms with Crippen molar-refractivity contribution in [2.45, 2.75) is 0 Å². The number of nitrogens with two attached hydrogens (primary N) is 1. The number of hydrogen-bond donors (Lipinski definition) is 2. The highest BCUT2D eigenvalue weighted by Gasteiger charge is 2.15. The fraction of sp³-hybridized carbons (Fsp3) is 0. The van der Waals surface area contributed by atoms with E-state index < -0.39 is 0 Å². The van der Waals surface area contributed by atoms with Crippen molar-refractivity contribution in [1.82, 2.24) is 20.2 Å². The van der Waals surface area contributed by atoms with Gasteiger partial charge in [0, 0.05) is 0 Å². The second-order valence-corrected chi connectivity index (χ2v) is 3.38. The largest absolute Gasteiger partial charge is 0.452 e. The zero-order valence-corrected chi connectivity index (χ0v) is 8.54. The zero-order valence-electron chi connectivity index (χ0n) is 8.54. The van der Waals surface area contributed by atoms with Gasteiger partial charge in [-0.25, -0.2) is 9.97 Å². The van der Waals surface area contributed by atoms with Crippen LogP contribution in [0.2, 0.25) is 0 Å². The number of aromatic nitrogens is 4. The summed E-state index contributed by atoms with van der Waals surface area (Å²) in [7, 11) is 0. The molecule has 17 heavy (non-hydrogen) atoms. The molecule has 0 aliphatic rings. The number of carbonyl (C=O) groups excluding carboxylic acids is 1. The molecular formula is C10H7N5O2. The maximum Gasteiger partial charge on any atom is 0.186 e. The van der Waals surface area contributed by atoms with E-state index in [1.165, 1.54) is 6.33 Å². The Morgan fingerprint density at radius 1 is 1.35 bits per heavy atom. The summed E-state index contributed by atoms with van der Waals surface area (Å²) < 4.78 is 5.29. The van der Waals surface area contributed by atoms with Crippen molar-refractivity contribution in [1.29, 1.82) is 0 Å². The Morgan fingerprint density at radius 3 is 3.00 bits per heavy atom. The first kappa shape index (κ1) is 9.52. The van der Waals surface area contributed by atoms with Crippen LogP contribution in [0.25, 0.3) is 22.5 Å². The third kappa shape index (κ3) is 1.36. The number of nitrogens with one attached hydrogen (secondary N) is 1. The molecule has 0 fully saturated rings.